The lowest BCUT2D eigenvalue weighted by Crippen LogP contribution is -2.38. The molecule has 2 aromatic carbocycles. The highest BCUT2D eigenvalue weighted by Gasteiger charge is 2.21. The molecule has 136 valence electrons. The number of methoxy groups -OCH3 is 1. The Kier molecular flexibility index (Phi) is 5.73. The van der Waals surface area contributed by atoms with Crippen LogP contribution >= 0.6 is 0 Å². The van der Waals surface area contributed by atoms with Crippen molar-refractivity contribution in [3.63, 3.8) is 0 Å². The summed E-state index contributed by atoms with van der Waals surface area (Å²) in [5, 5.41) is 0. The molecule has 1 aliphatic rings. The van der Waals surface area contributed by atoms with Gasteiger partial charge in [0.25, 0.3) is 5.91 Å². The van der Waals surface area contributed by atoms with Gasteiger partial charge in [0.15, 0.2) is 24.7 Å². The quantitative estimate of drug-likeness (QED) is 0.744. The summed E-state index contributed by atoms with van der Waals surface area (Å²) in [6, 6.07) is 15.1. The van der Waals surface area contributed by atoms with Gasteiger partial charge in [-0.25, -0.2) is 4.79 Å². The number of hydrogen-bond acceptors (Lipinski definition) is 5. The molecule has 0 spiro atoms. The molecular formula is C20H21NO5. The van der Waals surface area contributed by atoms with E-state index in [1.165, 1.54) is 12.7 Å². The van der Waals surface area contributed by atoms with Crippen molar-refractivity contribution < 1.29 is 23.8 Å². The number of fused-ring (bicyclic) bond motifs is 1. The smallest absolute Gasteiger partial charge is 0.344 e. The largest absolute Gasteiger partial charge is 0.493 e. The highest BCUT2D eigenvalue weighted by atomic mass is 16.6. The fourth-order valence-electron chi connectivity index (χ4n) is 2.86. The summed E-state index contributed by atoms with van der Waals surface area (Å²) < 4.78 is 15.6. The minimum Gasteiger partial charge on any atom is -0.493 e. The zero-order valence-electron chi connectivity index (χ0n) is 14.6. The van der Waals surface area contributed by atoms with E-state index in [0.29, 0.717) is 24.6 Å². The number of rotatable bonds is 6. The van der Waals surface area contributed by atoms with Gasteiger partial charge < -0.3 is 19.1 Å². The Bertz CT molecular complexity index is 789. The third kappa shape index (κ3) is 4.33. The number of carbonyl (C=O) groups is 2. The van der Waals surface area contributed by atoms with Gasteiger partial charge in [0.1, 0.15) is 0 Å². The van der Waals surface area contributed by atoms with E-state index in [1.54, 1.807) is 29.2 Å². The molecule has 0 unspecified atom stereocenters. The fourth-order valence-corrected chi connectivity index (χ4v) is 2.86. The van der Waals surface area contributed by atoms with Crippen LogP contribution in [0, 0.1) is 0 Å². The lowest BCUT2D eigenvalue weighted by Gasteiger charge is -2.28. The minimum atomic E-state index is -0.596. The number of esters is 1. The second-order valence-electron chi connectivity index (χ2n) is 5.93. The van der Waals surface area contributed by atoms with Crippen LogP contribution in [0.3, 0.4) is 0 Å². The van der Waals surface area contributed by atoms with Gasteiger partial charge in [-0.3, -0.25) is 4.79 Å². The van der Waals surface area contributed by atoms with Gasteiger partial charge in [0, 0.05) is 13.1 Å². The normalized spacial score (nSPS) is 12.9. The summed E-state index contributed by atoms with van der Waals surface area (Å²) in [5.41, 5.74) is 2.40. The lowest BCUT2D eigenvalue weighted by atomic mass is 10.00. The van der Waals surface area contributed by atoms with E-state index in [-0.39, 0.29) is 19.1 Å². The maximum absolute atomic E-state index is 12.3. The summed E-state index contributed by atoms with van der Waals surface area (Å²) in [6.45, 7) is 0.613. The average molecular weight is 355 g/mol. The summed E-state index contributed by atoms with van der Waals surface area (Å²) >= 11 is 0. The van der Waals surface area contributed by atoms with Crippen LogP contribution in [-0.4, -0.2) is 43.6 Å². The van der Waals surface area contributed by atoms with E-state index < -0.39 is 5.97 Å². The second kappa shape index (κ2) is 8.38. The SMILES string of the molecule is COc1ccccc1OCC(=O)OCC(=O)N1CCc2ccccc2C1. The molecule has 0 radical (unpaired) electrons. The summed E-state index contributed by atoms with van der Waals surface area (Å²) in [5.74, 6) is 0.182. The molecule has 0 aliphatic carbocycles. The summed E-state index contributed by atoms with van der Waals surface area (Å²) in [6.07, 6.45) is 0.812. The van der Waals surface area contributed by atoms with E-state index in [2.05, 4.69) is 6.07 Å². The van der Waals surface area contributed by atoms with Crippen LogP contribution < -0.4 is 9.47 Å². The average Bonchev–Trinajstić information content (AvgIpc) is 2.70. The van der Waals surface area contributed by atoms with Crippen molar-refractivity contribution >= 4 is 11.9 Å². The van der Waals surface area contributed by atoms with Crippen molar-refractivity contribution in [2.24, 2.45) is 0 Å². The third-order valence-corrected chi connectivity index (χ3v) is 4.25. The Morgan fingerprint density at radius 2 is 1.65 bits per heavy atom. The number of nitrogens with zero attached hydrogens (tertiary/aromatic N) is 1. The molecule has 3 rings (SSSR count). The predicted octanol–water partition coefficient (Wildman–Crippen LogP) is 2.20. The molecular weight excluding hydrogens is 334 g/mol. The molecule has 2 aromatic rings. The van der Waals surface area contributed by atoms with Crippen LogP contribution in [-0.2, 0) is 27.3 Å². The first-order valence-corrected chi connectivity index (χ1v) is 8.43. The molecule has 1 heterocycles. The van der Waals surface area contributed by atoms with Crippen molar-refractivity contribution in [3.05, 3.63) is 59.7 Å². The Balaban J connectivity index is 1.45. The molecule has 1 aliphatic heterocycles. The van der Waals surface area contributed by atoms with Crippen LogP contribution in [0.4, 0.5) is 0 Å². The van der Waals surface area contributed by atoms with E-state index in [0.717, 1.165) is 12.0 Å². The molecule has 6 heteroatoms. The van der Waals surface area contributed by atoms with Crippen LogP contribution in [0.15, 0.2) is 48.5 Å². The molecule has 26 heavy (non-hydrogen) atoms. The number of benzene rings is 2. The monoisotopic (exact) mass is 355 g/mol. The Labute approximate surface area is 152 Å². The van der Waals surface area contributed by atoms with Gasteiger partial charge in [-0.15, -0.1) is 0 Å². The van der Waals surface area contributed by atoms with Gasteiger partial charge in [-0.2, -0.15) is 0 Å². The first-order chi connectivity index (χ1) is 12.7. The van der Waals surface area contributed by atoms with E-state index in [4.69, 9.17) is 14.2 Å². The van der Waals surface area contributed by atoms with Crippen LogP contribution in [0.5, 0.6) is 11.5 Å². The van der Waals surface area contributed by atoms with Gasteiger partial charge in [-0.05, 0) is 29.7 Å². The van der Waals surface area contributed by atoms with Crippen LogP contribution in [0.2, 0.25) is 0 Å². The van der Waals surface area contributed by atoms with Crippen LogP contribution in [0.25, 0.3) is 0 Å². The topological polar surface area (TPSA) is 65.1 Å². The number of hydrogen-bond donors (Lipinski definition) is 0. The minimum absolute atomic E-state index is 0.204. The van der Waals surface area contributed by atoms with Gasteiger partial charge in [0.05, 0.1) is 7.11 Å². The summed E-state index contributed by atoms with van der Waals surface area (Å²) in [7, 11) is 1.52. The van der Waals surface area contributed by atoms with Crippen molar-refractivity contribution in [2.75, 3.05) is 26.9 Å². The number of amides is 1. The predicted molar refractivity (Wildman–Crippen MR) is 95.0 cm³/mol. The molecule has 0 aromatic heterocycles. The molecule has 0 fully saturated rings. The Morgan fingerprint density at radius 3 is 2.42 bits per heavy atom. The first kappa shape index (κ1) is 17.8. The van der Waals surface area contributed by atoms with E-state index in [1.807, 2.05) is 18.2 Å². The third-order valence-electron chi connectivity index (χ3n) is 4.25. The fraction of sp³-hybridized carbons (Fsp3) is 0.300. The van der Waals surface area contributed by atoms with Gasteiger partial charge in [0.2, 0.25) is 0 Å². The lowest BCUT2D eigenvalue weighted by molar-refractivity contribution is -0.154. The number of para-hydroxylation sites is 2. The van der Waals surface area contributed by atoms with Crippen molar-refractivity contribution in [1.29, 1.82) is 0 Å². The van der Waals surface area contributed by atoms with Gasteiger partial charge >= 0.3 is 5.97 Å². The number of ether oxygens (including phenoxy) is 3. The van der Waals surface area contributed by atoms with Crippen molar-refractivity contribution in [3.8, 4) is 11.5 Å². The Hall–Kier alpha value is -3.02. The molecule has 0 atom stereocenters. The molecule has 0 bridgehead atoms. The number of carbonyl (C=O) groups excluding carboxylic acids is 2. The molecule has 6 nitrogen and oxygen atoms in total. The maximum atomic E-state index is 12.3. The highest BCUT2D eigenvalue weighted by Crippen LogP contribution is 2.25. The standard InChI is InChI=1S/C20H21NO5/c1-24-17-8-4-5-9-18(17)25-14-20(23)26-13-19(22)21-11-10-15-6-2-3-7-16(15)12-21/h2-9H,10-14H2,1H3. The van der Waals surface area contributed by atoms with Crippen molar-refractivity contribution in [2.45, 2.75) is 13.0 Å². The Morgan fingerprint density at radius 1 is 0.962 bits per heavy atom. The zero-order valence-corrected chi connectivity index (χ0v) is 14.6. The molecule has 0 saturated heterocycles. The molecule has 0 saturated carbocycles. The van der Waals surface area contributed by atoms with E-state index in [9.17, 15) is 9.59 Å². The van der Waals surface area contributed by atoms with Crippen LogP contribution in [0.1, 0.15) is 11.1 Å². The van der Waals surface area contributed by atoms with Gasteiger partial charge in [-0.1, -0.05) is 36.4 Å². The maximum Gasteiger partial charge on any atom is 0.344 e. The molecule has 0 N–H and O–H groups in total. The summed E-state index contributed by atoms with van der Waals surface area (Å²) in [4.78, 5) is 25.8. The second-order valence-corrected chi connectivity index (χ2v) is 5.93. The van der Waals surface area contributed by atoms with Crippen molar-refractivity contribution in [1.82, 2.24) is 4.90 Å². The first-order valence-electron chi connectivity index (χ1n) is 8.43. The van der Waals surface area contributed by atoms with E-state index >= 15 is 0 Å². The highest BCUT2D eigenvalue weighted by molar-refractivity contribution is 5.81. The molecule has 1 amide bonds. The zero-order chi connectivity index (χ0) is 18.4.